The van der Waals surface area contributed by atoms with Gasteiger partial charge in [-0.05, 0) is 73.4 Å². The normalized spacial score (nSPS) is 22.1. The molecule has 29 heavy (non-hydrogen) atoms. The van der Waals surface area contributed by atoms with Gasteiger partial charge in [-0.2, -0.15) is 0 Å². The highest BCUT2D eigenvalue weighted by atomic mass is 19.2. The van der Waals surface area contributed by atoms with Gasteiger partial charge in [-0.1, -0.05) is 18.2 Å². The Kier molecular flexibility index (Phi) is 6.21. The van der Waals surface area contributed by atoms with E-state index in [-0.39, 0.29) is 5.91 Å². The van der Waals surface area contributed by atoms with Crippen molar-refractivity contribution in [3.63, 3.8) is 0 Å². The van der Waals surface area contributed by atoms with Crippen LogP contribution in [-0.2, 0) is 6.42 Å². The molecule has 0 aliphatic carbocycles. The SMILES string of the molecule is O=C(c1ccc(C2CCNN2)cc1)N1CCCC(CCc2ccc(F)c(F)c2)C1. The third-order valence-corrected chi connectivity index (χ3v) is 6.03. The number of aryl methyl sites for hydroxylation is 1. The number of carbonyl (C=O) groups excluding carboxylic acids is 1. The van der Waals surface area contributed by atoms with Crippen molar-refractivity contribution in [2.24, 2.45) is 5.92 Å². The van der Waals surface area contributed by atoms with Crippen LogP contribution in [0, 0.1) is 17.6 Å². The Labute approximate surface area is 170 Å². The third kappa shape index (κ3) is 4.82. The average Bonchev–Trinajstić information content (AvgIpc) is 3.29. The van der Waals surface area contributed by atoms with E-state index < -0.39 is 11.6 Å². The number of hydrazine groups is 1. The van der Waals surface area contributed by atoms with E-state index in [9.17, 15) is 13.6 Å². The van der Waals surface area contributed by atoms with Crippen LogP contribution in [0.5, 0.6) is 0 Å². The number of hydrogen-bond donors (Lipinski definition) is 2. The summed E-state index contributed by atoms with van der Waals surface area (Å²) in [5.74, 6) is -1.15. The second-order valence-corrected chi connectivity index (χ2v) is 8.08. The molecule has 2 aromatic rings. The van der Waals surface area contributed by atoms with E-state index in [1.54, 1.807) is 6.07 Å². The van der Waals surface area contributed by atoms with E-state index in [1.807, 2.05) is 29.2 Å². The number of rotatable bonds is 5. The summed E-state index contributed by atoms with van der Waals surface area (Å²) >= 11 is 0. The molecule has 6 heteroatoms. The fraction of sp³-hybridized carbons (Fsp3) is 0.435. The van der Waals surface area contributed by atoms with E-state index in [1.165, 1.54) is 17.7 Å². The molecule has 4 rings (SSSR count). The second kappa shape index (κ2) is 9.01. The Balaban J connectivity index is 1.33. The largest absolute Gasteiger partial charge is 0.338 e. The van der Waals surface area contributed by atoms with Crippen molar-refractivity contribution < 1.29 is 13.6 Å². The predicted molar refractivity (Wildman–Crippen MR) is 108 cm³/mol. The van der Waals surface area contributed by atoms with E-state index >= 15 is 0 Å². The molecule has 2 fully saturated rings. The standard InChI is InChI=1S/C23H27F2N3O/c24-20-10-5-16(14-21(20)25)3-4-17-2-1-13-28(15-17)23(29)19-8-6-18(7-9-19)22-11-12-26-27-22/h5-10,14,17,22,26-27H,1-4,11-13,15H2. The van der Waals surface area contributed by atoms with Crippen LogP contribution in [0.4, 0.5) is 8.78 Å². The van der Waals surface area contributed by atoms with E-state index in [4.69, 9.17) is 0 Å². The van der Waals surface area contributed by atoms with Crippen molar-refractivity contribution in [1.82, 2.24) is 15.8 Å². The van der Waals surface area contributed by atoms with Gasteiger partial charge in [0.15, 0.2) is 11.6 Å². The molecule has 4 nitrogen and oxygen atoms in total. The molecular weight excluding hydrogens is 372 g/mol. The Bertz CT molecular complexity index is 850. The van der Waals surface area contributed by atoms with Gasteiger partial charge >= 0.3 is 0 Å². The molecule has 2 N–H and O–H groups in total. The number of carbonyl (C=O) groups is 1. The van der Waals surface area contributed by atoms with Crippen molar-refractivity contribution >= 4 is 5.91 Å². The maximum atomic E-state index is 13.4. The number of benzene rings is 2. The van der Waals surface area contributed by atoms with Gasteiger partial charge in [0, 0.05) is 31.2 Å². The van der Waals surface area contributed by atoms with Crippen LogP contribution >= 0.6 is 0 Å². The number of nitrogens with one attached hydrogen (secondary N) is 2. The maximum absolute atomic E-state index is 13.4. The maximum Gasteiger partial charge on any atom is 0.253 e. The molecule has 2 atom stereocenters. The first-order valence-electron chi connectivity index (χ1n) is 10.4. The lowest BCUT2D eigenvalue weighted by molar-refractivity contribution is 0.0668. The highest BCUT2D eigenvalue weighted by Crippen LogP contribution is 2.24. The molecule has 0 saturated carbocycles. The first-order valence-corrected chi connectivity index (χ1v) is 10.4. The van der Waals surface area contributed by atoms with Crippen LogP contribution in [0.25, 0.3) is 0 Å². The van der Waals surface area contributed by atoms with Crippen molar-refractivity contribution in [2.45, 2.75) is 38.1 Å². The van der Waals surface area contributed by atoms with Crippen LogP contribution < -0.4 is 10.9 Å². The van der Waals surface area contributed by atoms with Crippen LogP contribution in [-0.4, -0.2) is 30.4 Å². The van der Waals surface area contributed by atoms with Gasteiger partial charge in [-0.25, -0.2) is 8.78 Å². The van der Waals surface area contributed by atoms with Crippen LogP contribution in [0.3, 0.4) is 0 Å². The van der Waals surface area contributed by atoms with Gasteiger partial charge in [0.05, 0.1) is 0 Å². The molecule has 2 aromatic carbocycles. The van der Waals surface area contributed by atoms with Gasteiger partial charge in [0.1, 0.15) is 0 Å². The van der Waals surface area contributed by atoms with Gasteiger partial charge in [0.25, 0.3) is 5.91 Å². The topological polar surface area (TPSA) is 44.4 Å². The monoisotopic (exact) mass is 399 g/mol. The summed E-state index contributed by atoms with van der Waals surface area (Å²) < 4.78 is 26.5. The highest BCUT2D eigenvalue weighted by Gasteiger charge is 2.25. The summed E-state index contributed by atoms with van der Waals surface area (Å²) in [6.45, 7) is 2.44. The lowest BCUT2D eigenvalue weighted by atomic mass is 9.91. The lowest BCUT2D eigenvalue weighted by Gasteiger charge is -2.33. The van der Waals surface area contributed by atoms with Crippen LogP contribution in [0.2, 0.25) is 0 Å². The minimum atomic E-state index is -0.811. The van der Waals surface area contributed by atoms with Crippen LogP contribution in [0.15, 0.2) is 42.5 Å². The van der Waals surface area contributed by atoms with Gasteiger partial charge in [0.2, 0.25) is 0 Å². The number of halogens is 2. The van der Waals surface area contributed by atoms with E-state index in [0.717, 1.165) is 56.4 Å². The zero-order valence-corrected chi connectivity index (χ0v) is 16.5. The molecule has 2 saturated heterocycles. The van der Waals surface area contributed by atoms with Crippen molar-refractivity contribution in [2.75, 3.05) is 19.6 Å². The van der Waals surface area contributed by atoms with E-state index in [0.29, 0.717) is 18.4 Å². The number of amides is 1. The molecule has 2 aliphatic heterocycles. The zero-order chi connectivity index (χ0) is 20.2. The molecule has 1 amide bonds. The third-order valence-electron chi connectivity index (χ3n) is 6.03. The first-order chi connectivity index (χ1) is 14.1. The summed E-state index contributed by atoms with van der Waals surface area (Å²) in [5, 5.41) is 0. The van der Waals surface area contributed by atoms with E-state index in [2.05, 4.69) is 10.9 Å². The van der Waals surface area contributed by atoms with Crippen molar-refractivity contribution in [3.05, 3.63) is 70.8 Å². The fourth-order valence-corrected chi connectivity index (χ4v) is 4.33. The molecule has 154 valence electrons. The average molecular weight is 399 g/mol. The minimum absolute atomic E-state index is 0.0755. The summed E-state index contributed by atoms with van der Waals surface area (Å²) in [5.41, 5.74) is 9.08. The van der Waals surface area contributed by atoms with Gasteiger partial charge < -0.3 is 4.90 Å². The van der Waals surface area contributed by atoms with Gasteiger partial charge in [-0.15, -0.1) is 0 Å². The molecule has 2 heterocycles. The number of piperidine rings is 1. The second-order valence-electron chi connectivity index (χ2n) is 8.08. The Morgan fingerprint density at radius 2 is 1.90 bits per heavy atom. The Hall–Kier alpha value is -2.31. The Morgan fingerprint density at radius 3 is 2.62 bits per heavy atom. The fourth-order valence-electron chi connectivity index (χ4n) is 4.33. The Morgan fingerprint density at radius 1 is 1.07 bits per heavy atom. The predicted octanol–water partition coefficient (Wildman–Crippen LogP) is 3.99. The zero-order valence-electron chi connectivity index (χ0n) is 16.5. The van der Waals surface area contributed by atoms with Crippen molar-refractivity contribution in [1.29, 1.82) is 0 Å². The molecule has 0 spiro atoms. The summed E-state index contributed by atoms with van der Waals surface area (Å²) in [6, 6.07) is 12.3. The van der Waals surface area contributed by atoms with Crippen molar-refractivity contribution in [3.8, 4) is 0 Å². The minimum Gasteiger partial charge on any atom is -0.338 e. The summed E-state index contributed by atoms with van der Waals surface area (Å²) in [6.07, 6.45) is 4.64. The highest BCUT2D eigenvalue weighted by molar-refractivity contribution is 5.94. The quantitative estimate of drug-likeness (QED) is 0.799. The molecular formula is C23H27F2N3O. The lowest BCUT2D eigenvalue weighted by Crippen LogP contribution is -2.40. The molecule has 0 bridgehead atoms. The molecule has 2 unspecified atom stereocenters. The van der Waals surface area contributed by atoms with Gasteiger partial charge in [-0.3, -0.25) is 15.6 Å². The molecule has 0 radical (unpaired) electrons. The number of hydrogen-bond acceptors (Lipinski definition) is 3. The summed E-state index contributed by atoms with van der Waals surface area (Å²) in [4.78, 5) is 14.9. The summed E-state index contributed by atoms with van der Waals surface area (Å²) in [7, 11) is 0. The smallest absolute Gasteiger partial charge is 0.253 e. The number of nitrogens with zero attached hydrogens (tertiary/aromatic N) is 1. The van der Waals surface area contributed by atoms with Crippen LogP contribution in [0.1, 0.15) is 53.2 Å². The first kappa shape index (κ1) is 20.0. The molecule has 2 aliphatic rings. The number of likely N-dealkylation sites (tertiary alicyclic amines) is 1. The molecule has 0 aromatic heterocycles.